The molecule has 0 spiro atoms. The molecule has 35 heavy (non-hydrogen) atoms. The molecular formula is C24H26ClN3O4S3. The Bertz CT molecular complexity index is 1340. The summed E-state index contributed by atoms with van der Waals surface area (Å²) in [5.74, 6) is -0.786. The number of hydrogen-bond donors (Lipinski definition) is 1. The molecule has 11 heteroatoms. The largest absolute Gasteiger partial charge is 0.462 e. The lowest BCUT2D eigenvalue weighted by atomic mass is 9.95. The summed E-state index contributed by atoms with van der Waals surface area (Å²) < 4.78 is 8.18. The number of rotatable bonds is 8. The Morgan fingerprint density at radius 1 is 1.17 bits per heavy atom. The number of nitrogens with zero attached hydrogens (tertiary/aromatic N) is 2. The highest BCUT2D eigenvalue weighted by Gasteiger charge is 2.27. The van der Waals surface area contributed by atoms with Crippen molar-refractivity contribution in [1.82, 2.24) is 4.57 Å². The molecule has 0 atom stereocenters. The number of fused-ring (bicyclic) bond motifs is 2. The number of thioether (sulfide) groups is 1. The fraction of sp³-hybridized carbons (Fsp3) is 0.417. The van der Waals surface area contributed by atoms with Crippen LogP contribution in [0.4, 0.5) is 5.00 Å². The first-order valence-corrected chi connectivity index (χ1v) is 14.6. The number of ether oxygens (including phenoxy) is 1. The maximum atomic E-state index is 12.6. The van der Waals surface area contributed by atoms with E-state index in [4.69, 9.17) is 16.3 Å². The Hall–Kier alpha value is -2.14. The Morgan fingerprint density at radius 2 is 1.97 bits per heavy atom. The van der Waals surface area contributed by atoms with Crippen molar-refractivity contribution in [2.75, 3.05) is 23.4 Å². The van der Waals surface area contributed by atoms with E-state index in [1.807, 2.05) is 29.7 Å². The van der Waals surface area contributed by atoms with Crippen LogP contribution in [-0.4, -0.2) is 40.5 Å². The monoisotopic (exact) mass is 551 g/mol. The number of halogens is 1. The van der Waals surface area contributed by atoms with E-state index < -0.39 is 5.97 Å². The summed E-state index contributed by atoms with van der Waals surface area (Å²) >= 11 is 10.2. The van der Waals surface area contributed by atoms with Crippen LogP contribution in [0.5, 0.6) is 0 Å². The average molecular weight is 552 g/mol. The van der Waals surface area contributed by atoms with Crippen LogP contribution in [0, 0.1) is 0 Å². The number of thiazole rings is 1. The lowest BCUT2D eigenvalue weighted by Crippen LogP contribution is -2.19. The van der Waals surface area contributed by atoms with Crippen molar-refractivity contribution in [3.63, 3.8) is 0 Å². The molecule has 2 heterocycles. The number of benzene rings is 1. The molecule has 0 unspecified atom stereocenters. The molecule has 0 saturated heterocycles. The van der Waals surface area contributed by atoms with Crippen molar-refractivity contribution in [3.05, 3.63) is 44.0 Å². The summed E-state index contributed by atoms with van der Waals surface area (Å²) in [5.41, 5.74) is 2.48. The van der Waals surface area contributed by atoms with Gasteiger partial charge < -0.3 is 14.6 Å². The number of anilines is 1. The molecule has 0 bridgehead atoms. The van der Waals surface area contributed by atoms with E-state index in [9.17, 15) is 14.4 Å². The molecule has 1 N–H and O–H groups in total. The van der Waals surface area contributed by atoms with E-state index in [0.717, 1.165) is 46.3 Å². The Morgan fingerprint density at radius 3 is 2.74 bits per heavy atom. The zero-order valence-electron chi connectivity index (χ0n) is 19.5. The predicted octanol–water partition coefficient (Wildman–Crippen LogP) is 5.29. The van der Waals surface area contributed by atoms with Crippen LogP contribution in [0.25, 0.3) is 10.2 Å². The van der Waals surface area contributed by atoms with Crippen LogP contribution in [0.15, 0.2) is 23.2 Å². The van der Waals surface area contributed by atoms with Crippen molar-refractivity contribution in [1.29, 1.82) is 0 Å². The third-order valence-corrected chi connectivity index (χ3v) is 8.94. The Labute approximate surface area is 220 Å². The summed E-state index contributed by atoms with van der Waals surface area (Å²) in [7, 11) is 0. The molecule has 2 aromatic heterocycles. The van der Waals surface area contributed by atoms with Gasteiger partial charge in [-0.1, -0.05) is 22.9 Å². The van der Waals surface area contributed by atoms with Gasteiger partial charge >= 0.3 is 5.97 Å². The summed E-state index contributed by atoms with van der Waals surface area (Å²) in [4.78, 5) is 43.7. The van der Waals surface area contributed by atoms with Crippen LogP contribution in [0.2, 0.25) is 5.02 Å². The van der Waals surface area contributed by atoms with Gasteiger partial charge in [0.1, 0.15) is 5.00 Å². The van der Waals surface area contributed by atoms with Crippen LogP contribution in [0.3, 0.4) is 0 Å². The molecule has 1 aromatic carbocycles. The number of hydrogen-bond acceptors (Lipinski definition) is 7. The number of nitrogens with one attached hydrogen (secondary N) is 1. The molecule has 3 aromatic rings. The molecule has 0 radical (unpaired) electrons. The van der Waals surface area contributed by atoms with Crippen LogP contribution >= 0.6 is 46.0 Å². The zero-order valence-corrected chi connectivity index (χ0v) is 22.7. The van der Waals surface area contributed by atoms with Gasteiger partial charge in [0, 0.05) is 16.4 Å². The van der Waals surface area contributed by atoms with Crippen LogP contribution in [-0.2, 0) is 33.7 Å². The number of amides is 2. The number of thiophene rings is 1. The second-order valence-electron chi connectivity index (χ2n) is 7.92. The lowest BCUT2D eigenvalue weighted by Gasteiger charge is -2.12. The van der Waals surface area contributed by atoms with Gasteiger partial charge in [-0.3, -0.25) is 9.59 Å². The van der Waals surface area contributed by atoms with E-state index in [1.165, 1.54) is 34.4 Å². The molecule has 7 nitrogen and oxygen atoms in total. The van der Waals surface area contributed by atoms with Gasteiger partial charge in [0.05, 0.1) is 33.9 Å². The number of esters is 1. The first-order chi connectivity index (χ1) is 16.9. The van der Waals surface area contributed by atoms with Gasteiger partial charge in [-0.2, -0.15) is 4.99 Å². The van der Waals surface area contributed by atoms with Gasteiger partial charge in [-0.25, -0.2) is 4.79 Å². The molecule has 4 rings (SSSR count). The van der Waals surface area contributed by atoms with E-state index >= 15 is 0 Å². The minimum atomic E-state index is -0.391. The maximum Gasteiger partial charge on any atom is 0.341 e. The standard InChI is InChI=1S/C24H26ClN3O4S3/c1-3-28-16-10-9-14(25)11-18(16)35-24(28)27-20(30)13-33-12-19(29)26-22-21(23(31)32-4-2)15-7-5-6-8-17(15)34-22/h9-11H,3-8,12-13H2,1-2H3,(H,26,29). The Balaban J connectivity index is 1.40. The van der Waals surface area contributed by atoms with Gasteiger partial charge in [-0.05, 0) is 63.3 Å². The SMILES string of the molecule is CCOC(=O)c1c(NC(=O)CSCC(=O)N=c2sc3cc(Cl)ccc3n2CC)sc2c1CCCC2. The van der Waals surface area contributed by atoms with Crippen molar-refractivity contribution in [3.8, 4) is 0 Å². The van der Waals surface area contributed by atoms with E-state index in [1.54, 1.807) is 6.92 Å². The summed E-state index contributed by atoms with van der Waals surface area (Å²) in [6.07, 6.45) is 3.84. The highest BCUT2D eigenvalue weighted by molar-refractivity contribution is 8.00. The number of carbonyl (C=O) groups is 3. The third-order valence-electron chi connectivity index (χ3n) is 5.54. The van der Waals surface area contributed by atoms with E-state index in [-0.39, 0.29) is 29.9 Å². The molecule has 0 fully saturated rings. The first-order valence-electron chi connectivity index (χ1n) is 11.5. The minimum Gasteiger partial charge on any atom is -0.462 e. The smallest absolute Gasteiger partial charge is 0.341 e. The molecule has 0 aliphatic heterocycles. The number of carbonyl (C=O) groups excluding carboxylic acids is 3. The lowest BCUT2D eigenvalue weighted by molar-refractivity contribution is -0.115. The van der Waals surface area contributed by atoms with Gasteiger partial charge in [0.15, 0.2) is 4.80 Å². The van der Waals surface area contributed by atoms with Crippen molar-refractivity contribution in [2.45, 2.75) is 46.1 Å². The third kappa shape index (κ3) is 5.99. The first kappa shape index (κ1) is 25.9. The molecular weight excluding hydrogens is 526 g/mol. The summed E-state index contributed by atoms with van der Waals surface area (Å²) in [6.45, 7) is 4.72. The number of aromatic nitrogens is 1. The molecule has 1 aliphatic carbocycles. The van der Waals surface area contributed by atoms with E-state index in [0.29, 0.717) is 26.9 Å². The molecule has 0 saturated carbocycles. The van der Waals surface area contributed by atoms with Crippen LogP contribution < -0.4 is 10.1 Å². The highest BCUT2D eigenvalue weighted by atomic mass is 35.5. The van der Waals surface area contributed by atoms with Gasteiger partial charge in [0.25, 0.3) is 5.91 Å². The maximum absolute atomic E-state index is 12.6. The normalized spacial score (nSPS) is 13.6. The summed E-state index contributed by atoms with van der Waals surface area (Å²) in [5, 5.41) is 4.06. The average Bonchev–Trinajstić information content (AvgIpc) is 3.35. The fourth-order valence-electron chi connectivity index (χ4n) is 4.04. The topological polar surface area (TPSA) is 89.8 Å². The number of aryl methyl sites for hydroxylation is 2. The van der Waals surface area contributed by atoms with E-state index in [2.05, 4.69) is 10.3 Å². The molecule has 186 valence electrons. The minimum absolute atomic E-state index is 0.0812. The van der Waals surface area contributed by atoms with Gasteiger partial charge in [0.2, 0.25) is 5.91 Å². The highest BCUT2D eigenvalue weighted by Crippen LogP contribution is 2.38. The quantitative estimate of drug-likeness (QED) is 0.384. The summed E-state index contributed by atoms with van der Waals surface area (Å²) in [6, 6.07) is 5.61. The zero-order chi connectivity index (χ0) is 24.9. The molecule has 2 amide bonds. The second kappa shape index (κ2) is 11.7. The van der Waals surface area contributed by atoms with Crippen LogP contribution in [0.1, 0.15) is 47.5 Å². The van der Waals surface area contributed by atoms with Gasteiger partial charge in [-0.15, -0.1) is 23.1 Å². The van der Waals surface area contributed by atoms with Crippen molar-refractivity contribution in [2.24, 2.45) is 4.99 Å². The Kier molecular flexibility index (Phi) is 8.69. The van der Waals surface area contributed by atoms with Crippen molar-refractivity contribution >= 4 is 79.0 Å². The fourth-order valence-corrected chi connectivity index (χ4v) is 7.32. The predicted molar refractivity (Wildman–Crippen MR) is 144 cm³/mol. The molecule has 1 aliphatic rings. The van der Waals surface area contributed by atoms with Crippen molar-refractivity contribution < 1.29 is 19.1 Å². The second-order valence-corrected chi connectivity index (χ2v) is 11.5.